The van der Waals surface area contributed by atoms with Crippen LogP contribution in [0, 0.1) is 0 Å². The van der Waals surface area contributed by atoms with Crippen molar-refractivity contribution in [3.63, 3.8) is 0 Å². The molecule has 1 aromatic rings. The van der Waals surface area contributed by atoms with Crippen molar-refractivity contribution in [3.8, 4) is 0 Å². The van der Waals surface area contributed by atoms with E-state index in [9.17, 15) is 0 Å². The van der Waals surface area contributed by atoms with Gasteiger partial charge in [0.05, 0.1) is 5.69 Å². The molecule has 4 nitrogen and oxygen atoms in total. The summed E-state index contributed by atoms with van der Waals surface area (Å²) in [4.78, 5) is 11.1. The number of hydrogen-bond acceptors (Lipinski definition) is 2. The van der Waals surface area contributed by atoms with Crippen LogP contribution in [-0.4, -0.2) is 57.0 Å². The van der Waals surface area contributed by atoms with E-state index in [-0.39, 0.29) is 0 Å². The van der Waals surface area contributed by atoms with E-state index in [1.54, 1.807) is 0 Å². The molecule has 1 heterocycles. The van der Waals surface area contributed by atoms with Gasteiger partial charge in [-0.2, -0.15) is 0 Å². The first-order valence-electron chi connectivity index (χ1n) is 5.86. The number of anilines is 1. The lowest BCUT2D eigenvalue weighted by Gasteiger charge is -2.16. The van der Waals surface area contributed by atoms with Gasteiger partial charge in [0, 0.05) is 47.0 Å². The highest BCUT2D eigenvalue weighted by molar-refractivity contribution is 5.84. The topological polar surface area (TPSA) is 22.1 Å². The monoisotopic (exact) mass is 232 g/mol. The van der Waals surface area contributed by atoms with E-state index in [1.807, 2.05) is 14.1 Å². The Morgan fingerprint density at radius 1 is 1.00 bits per heavy atom. The van der Waals surface area contributed by atoms with Crippen molar-refractivity contribution in [3.05, 3.63) is 24.3 Å². The highest BCUT2D eigenvalue weighted by Crippen LogP contribution is 2.19. The minimum absolute atomic E-state index is 1.01. The number of aliphatic imine (C=N–C) groups is 1. The average molecular weight is 232 g/mol. The number of rotatable bonds is 2. The van der Waals surface area contributed by atoms with Gasteiger partial charge < -0.3 is 14.7 Å². The third-order valence-electron chi connectivity index (χ3n) is 3.05. The fraction of sp³-hybridized carbons (Fsp3) is 0.462. The third kappa shape index (κ3) is 2.52. The maximum Gasteiger partial charge on any atom is 0.201 e. The summed E-state index contributed by atoms with van der Waals surface area (Å²) in [6.07, 6.45) is 0. The SMILES string of the molecule is CN1CCN(C)C1=Nc1ccc(N(C)C)cc1. The normalized spacial score (nSPS) is 15.4. The zero-order valence-electron chi connectivity index (χ0n) is 11.0. The molecule has 0 unspecified atom stereocenters. The van der Waals surface area contributed by atoms with Crippen LogP contribution in [0.1, 0.15) is 0 Å². The first kappa shape index (κ1) is 11.8. The van der Waals surface area contributed by atoms with Gasteiger partial charge in [-0.25, -0.2) is 4.99 Å². The van der Waals surface area contributed by atoms with Gasteiger partial charge in [-0.05, 0) is 24.3 Å². The summed E-state index contributed by atoms with van der Waals surface area (Å²) in [5.41, 5.74) is 2.20. The molecular weight excluding hydrogens is 212 g/mol. The Labute approximate surface area is 103 Å². The zero-order chi connectivity index (χ0) is 12.4. The molecule has 0 radical (unpaired) electrons. The van der Waals surface area contributed by atoms with Gasteiger partial charge in [0.15, 0.2) is 0 Å². The second-order valence-electron chi connectivity index (χ2n) is 4.67. The Hall–Kier alpha value is -1.71. The van der Waals surface area contributed by atoms with E-state index in [0.29, 0.717) is 0 Å². The van der Waals surface area contributed by atoms with Crippen molar-refractivity contribution in [2.45, 2.75) is 0 Å². The van der Waals surface area contributed by atoms with Crippen LogP contribution in [0.4, 0.5) is 11.4 Å². The predicted octanol–water partition coefficient (Wildman–Crippen LogP) is 1.62. The van der Waals surface area contributed by atoms with Crippen LogP contribution in [0.25, 0.3) is 0 Å². The molecule has 0 bridgehead atoms. The number of benzene rings is 1. The summed E-state index contributed by atoms with van der Waals surface area (Å²) >= 11 is 0. The number of guanidine groups is 1. The predicted molar refractivity (Wildman–Crippen MR) is 73.1 cm³/mol. The van der Waals surface area contributed by atoms with E-state index in [1.165, 1.54) is 5.69 Å². The summed E-state index contributed by atoms with van der Waals surface area (Å²) in [5, 5.41) is 0. The lowest BCUT2D eigenvalue weighted by atomic mass is 10.3. The van der Waals surface area contributed by atoms with E-state index in [0.717, 1.165) is 24.7 Å². The molecule has 0 spiro atoms. The van der Waals surface area contributed by atoms with Crippen LogP contribution in [-0.2, 0) is 0 Å². The van der Waals surface area contributed by atoms with Crippen molar-refractivity contribution in [1.82, 2.24) is 9.80 Å². The molecule has 1 fully saturated rings. The number of likely N-dealkylation sites (N-methyl/N-ethyl adjacent to an activating group) is 2. The zero-order valence-corrected chi connectivity index (χ0v) is 11.0. The van der Waals surface area contributed by atoms with Crippen LogP contribution < -0.4 is 4.90 Å². The van der Waals surface area contributed by atoms with Crippen molar-refractivity contribution >= 4 is 17.3 Å². The summed E-state index contributed by atoms with van der Waals surface area (Å²) in [6.45, 7) is 2.09. The van der Waals surface area contributed by atoms with Crippen molar-refractivity contribution in [1.29, 1.82) is 0 Å². The molecule has 17 heavy (non-hydrogen) atoms. The Morgan fingerprint density at radius 3 is 2.00 bits per heavy atom. The van der Waals surface area contributed by atoms with E-state index >= 15 is 0 Å². The largest absolute Gasteiger partial charge is 0.378 e. The quantitative estimate of drug-likeness (QED) is 0.773. The Kier molecular flexibility index (Phi) is 3.22. The van der Waals surface area contributed by atoms with Crippen molar-refractivity contribution < 1.29 is 0 Å². The van der Waals surface area contributed by atoms with Gasteiger partial charge in [0.2, 0.25) is 5.96 Å². The smallest absolute Gasteiger partial charge is 0.201 e. The first-order valence-corrected chi connectivity index (χ1v) is 5.86. The van der Waals surface area contributed by atoms with Gasteiger partial charge in [-0.3, -0.25) is 0 Å². The molecule has 1 aliphatic heterocycles. The summed E-state index contributed by atoms with van der Waals surface area (Å²) in [7, 11) is 8.24. The summed E-state index contributed by atoms with van der Waals surface area (Å²) in [6, 6.07) is 8.30. The molecule has 0 aromatic heterocycles. The molecule has 0 atom stereocenters. The highest BCUT2D eigenvalue weighted by atomic mass is 15.4. The van der Waals surface area contributed by atoms with Crippen LogP contribution >= 0.6 is 0 Å². The molecule has 0 N–H and O–H groups in total. The highest BCUT2D eigenvalue weighted by Gasteiger charge is 2.19. The summed E-state index contributed by atoms with van der Waals surface area (Å²) < 4.78 is 0. The van der Waals surface area contributed by atoms with Crippen LogP contribution in [0.15, 0.2) is 29.3 Å². The van der Waals surface area contributed by atoms with Crippen molar-refractivity contribution in [2.75, 3.05) is 46.2 Å². The molecular formula is C13H20N4. The van der Waals surface area contributed by atoms with Gasteiger partial charge in [-0.1, -0.05) is 0 Å². The van der Waals surface area contributed by atoms with Crippen LogP contribution in [0.5, 0.6) is 0 Å². The molecule has 0 saturated carbocycles. The fourth-order valence-electron chi connectivity index (χ4n) is 1.90. The van der Waals surface area contributed by atoms with E-state index in [4.69, 9.17) is 0 Å². The van der Waals surface area contributed by atoms with E-state index < -0.39 is 0 Å². The standard InChI is InChI=1S/C13H20N4/c1-15(2)12-7-5-11(6-8-12)14-13-16(3)9-10-17(13)4/h5-8H,9-10H2,1-4H3. The second-order valence-corrected chi connectivity index (χ2v) is 4.67. The summed E-state index contributed by atoms with van der Waals surface area (Å²) in [5.74, 6) is 1.04. The number of nitrogens with zero attached hydrogens (tertiary/aromatic N) is 4. The maximum atomic E-state index is 4.67. The average Bonchev–Trinajstić information content (AvgIpc) is 2.61. The van der Waals surface area contributed by atoms with Crippen LogP contribution in [0.3, 0.4) is 0 Å². The van der Waals surface area contributed by atoms with Crippen LogP contribution in [0.2, 0.25) is 0 Å². The van der Waals surface area contributed by atoms with Gasteiger partial charge in [0.1, 0.15) is 0 Å². The molecule has 4 heteroatoms. The Balaban J connectivity index is 2.21. The lowest BCUT2D eigenvalue weighted by Crippen LogP contribution is -2.27. The molecule has 92 valence electrons. The minimum Gasteiger partial charge on any atom is -0.378 e. The molecule has 1 saturated heterocycles. The number of hydrogen-bond donors (Lipinski definition) is 0. The molecule has 1 aliphatic rings. The molecule has 0 aliphatic carbocycles. The fourth-order valence-corrected chi connectivity index (χ4v) is 1.90. The second kappa shape index (κ2) is 4.65. The van der Waals surface area contributed by atoms with Gasteiger partial charge in [-0.15, -0.1) is 0 Å². The lowest BCUT2D eigenvalue weighted by molar-refractivity contribution is 0.553. The van der Waals surface area contributed by atoms with Gasteiger partial charge >= 0.3 is 0 Å². The molecule has 1 aromatic carbocycles. The Bertz CT molecular complexity index is 396. The van der Waals surface area contributed by atoms with E-state index in [2.05, 4.69) is 58.1 Å². The van der Waals surface area contributed by atoms with Gasteiger partial charge in [0.25, 0.3) is 0 Å². The Morgan fingerprint density at radius 2 is 1.53 bits per heavy atom. The van der Waals surface area contributed by atoms with Crippen molar-refractivity contribution in [2.24, 2.45) is 4.99 Å². The maximum absolute atomic E-state index is 4.67. The minimum atomic E-state index is 1.01. The molecule has 2 rings (SSSR count). The first-order chi connectivity index (χ1) is 8.08. The molecule has 0 amide bonds. The third-order valence-corrected chi connectivity index (χ3v) is 3.05.